The third-order valence-electron chi connectivity index (χ3n) is 4.63. The summed E-state index contributed by atoms with van der Waals surface area (Å²) < 4.78 is 59.5. The maximum Gasteiger partial charge on any atom is 0.246 e. The van der Waals surface area contributed by atoms with Gasteiger partial charge in [0.1, 0.15) is 22.6 Å². The molecule has 0 atom stereocenters. The first-order valence-corrected chi connectivity index (χ1v) is 10.2. The van der Waals surface area contributed by atoms with Crippen LogP contribution in [0.5, 0.6) is 5.88 Å². The van der Waals surface area contributed by atoms with Crippen molar-refractivity contribution in [1.82, 2.24) is 14.3 Å². The number of piperidine rings is 1. The van der Waals surface area contributed by atoms with Gasteiger partial charge in [-0.05, 0) is 43.2 Å². The molecule has 4 rings (SSSR count). The van der Waals surface area contributed by atoms with Crippen molar-refractivity contribution in [1.29, 1.82) is 0 Å². The number of sulfonamides is 1. The van der Waals surface area contributed by atoms with Gasteiger partial charge in [0, 0.05) is 13.1 Å². The van der Waals surface area contributed by atoms with Gasteiger partial charge in [-0.1, -0.05) is 12.1 Å². The van der Waals surface area contributed by atoms with E-state index in [2.05, 4.69) is 9.97 Å². The van der Waals surface area contributed by atoms with Gasteiger partial charge in [0.25, 0.3) is 0 Å². The summed E-state index contributed by atoms with van der Waals surface area (Å²) >= 11 is 0. The lowest BCUT2D eigenvalue weighted by atomic mass is 10.1. The molecule has 1 aromatic heterocycles. The molecule has 0 bridgehead atoms. The van der Waals surface area contributed by atoms with Crippen molar-refractivity contribution in [3.8, 4) is 5.88 Å². The lowest BCUT2D eigenvalue weighted by Crippen LogP contribution is -2.42. The first-order valence-electron chi connectivity index (χ1n) is 8.77. The van der Waals surface area contributed by atoms with E-state index < -0.39 is 26.6 Å². The summed E-state index contributed by atoms with van der Waals surface area (Å²) in [5.41, 5.74) is 1.47. The van der Waals surface area contributed by atoms with E-state index in [1.54, 1.807) is 0 Å². The number of rotatable bonds is 4. The molecule has 0 spiro atoms. The van der Waals surface area contributed by atoms with E-state index in [4.69, 9.17) is 4.74 Å². The Hall–Kier alpha value is -2.65. The van der Waals surface area contributed by atoms with Crippen LogP contribution in [0.1, 0.15) is 12.8 Å². The van der Waals surface area contributed by atoms with Gasteiger partial charge < -0.3 is 4.74 Å². The molecule has 0 N–H and O–H groups in total. The van der Waals surface area contributed by atoms with Crippen LogP contribution >= 0.6 is 0 Å². The number of halogens is 2. The molecule has 1 fully saturated rings. The van der Waals surface area contributed by atoms with Crippen molar-refractivity contribution >= 4 is 21.1 Å². The summed E-state index contributed by atoms with van der Waals surface area (Å²) in [5, 5.41) is 0. The molecule has 146 valence electrons. The van der Waals surface area contributed by atoms with Gasteiger partial charge in [-0.25, -0.2) is 27.2 Å². The van der Waals surface area contributed by atoms with Crippen LogP contribution in [-0.4, -0.2) is 41.9 Å². The third kappa shape index (κ3) is 3.67. The Morgan fingerprint density at radius 2 is 1.75 bits per heavy atom. The highest BCUT2D eigenvalue weighted by Crippen LogP contribution is 2.25. The Labute approximate surface area is 160 Å². The van der Waals surface area contributed by atoms with Gasteiger partial charge in [-0.15, -0.1) is 0 Å². The molecule has 2 heterocycles. The lowest BCUT2D eigenvalue weighted by molar-refractivity contribution is 0.129. The Balaban J connectivity index is 1.44. The Kier molecular flexibility index (Phi) is 4.94. The van der Waals surface area contributed by atoms with Crippen molar-refractivity contribution in [2.45, 2.75) is 23.8 Å². The largest absolute Gasteiger partial charge is 0.473 e. The Morgan fingerprint density at radius 3 is 2.50 bits per heavy atom. The maximum atomic E-state index is 13.9. The molecule has 1 aliphatic rings. The fourth-order valence-electron chi connectivity index (χ4n) is 3.17. The van der Waals surface area contributed by atoms with Gasteiger partial charge in [0.2, 0.25) is 15.9 Å². The smallest absolute Gasteiger partial charge is 0.246 e. The summed E-state index contributed by atoms with van der Waals surface area (Å²) in [4.78, 5) is 8.04. The van der Waals surface area contributed by atoms with Crippen LogP contribution in [-0.2, 0) is 10.0 Å². The van der Waals surface area contributed by atoms with Crippen LogP contribution < -0.4 is 4.74 Å². The monoisotopic (exact) mass is 405 g/mol. The van der Waals surface area contributed by atoms with Gasteiger partial charge in [0.15, 0.2) is 0 Å². The number of ether oxygens (including phenoxy) is 1. The second kappa shape index (κ2) is 7.40. The van der Waals surface area contributed by atoms with Gasteiger partial charge in [-0.3, -0.25) is 0 Å². The minimum absolute atomic E-state index is 0.143. The fourth-order valence-corrected chi connectivity index (χ4v) is 4.72. The lowest BCUT2D eigenvalue weighted by Gasteiger charge is -2.31. The average molecular weight is 405 g/mol. The van der Waals surface area contributed by atoms with Crippen LogP contribution in [0.3, 0.4) is 0 Å². The minimum Gasteiger partial charge on any atom is -0.473 e. The zero-order chi connectivity index (χ0) is 19.7. The summed E-state index contributed by atoms with van der Waals surface area (Å²) in [6.45, 7) is 0.286. The zero-order valence-corrected chi connectivity index (χ0v) is 15.6. The van der Waals surface area contributed by atoms with E-state index in [1.807, 2.05) is 24.3 Å². The Morgan fingerprint density at radius 1 is 1.04 bits per heavy atom. The number of para-hydroxylation sites is 2. The first kappa shape index (κ1) is 18.7. The molecule has 3 aromatic rings. The average Bonchev–Trinajstić information content (AvgIpc) is 2.70. The standard InChI is InChI=1S/C19H17F2N3O3S/c20-13-5-6-15(21)18(11-13)28(25,26)24-9-7-14(8-10-24)27-19-12-22-16-3-1-2-4-17(16)23-19/h1-6,11-12,14H,7-10H2. The quantitative estimate of drug-likeness (QED) is 0.667. The summed E-state index contributed by atoms with van der Waals surface area (Å²) in [6.07, 6.45) is 2.11. The van der Waals surface area contributed by atoms with Gasteiger partial charge >= 0.3 is 0 Å². The molecular weight excluding hydrogens is 388 g/mol. The van der Waals surface area contributed by atoms with Crippen LogP contribution in [0.25, 0.3) is 11.0 Å². The maximum absolute atomic E-state index is 13.9. The first-order chi connectivity index (χ1) is 13.4. The molecule has 28 heavy (non-hydrogen) atoms. The highest BCUT2D eigenvalue weighted by Gasteiger charge is 2.32. The number of aromatic nitrogens is 2. The molecular formula is C19H17F2N3O3S. The SMILES string of the molecule is O=S(=O)(c1cc(F)ccc1F)N1CCC(Oc2cnc3ccccc3n2)CC1. The van der Waals surface area contributed by atoms with Crippen molar-refractivity contribution < 1.29 is 21.9 Å². The zero-order valence-electron chi connectivity index (χ0n) is 14.8. The minimum atomic E-state index is -4.11. The van der Waals surface area contributed by atoms with Crippen molar-refractivity contribution in [3.63, 3.8) is 0 Å². The molecule has 2 aromatic carbocycles. The van der Waals surface area contributed by atoms with Crippen molar-refractivity contribution in [3.05, 3.63) is 60.3 Å². The molecule has 0 radical (unpaired) electrons. The molecule has 1 aliphatic heterocycles. The van der Waals surface area contributed by atoms with Crippen molar-refractivity contribution in [2.75, 3.05) is 13.1 Å². The van der Waals surface area contributed by atoms with E-state index in [0.29, 0.717) is 30.3 Å². The molecule has 1 saturated heterocycles. The number of nitrogens with zero attached hydrogens (tertiary/aromatic N) is 3. The number of hydrogen-bond donors (Lipinski definition) is 0. The predicted octanol–water partition coefficient (Wildman–Crippen LogP) is 3.14. The molecule has 0 unspecified atom stereocenters. The number of benzene rings is 2. The van der Waals surface area contributed by atoms with Crippen LogP contribution in [0.4, 0.5) is 8.78 Å². The topological polar surface area (TPSA) is 72.4 Å². The van der Waals surface area contributed by atoms with E-state index in [0.717, 1.165) is 22.0 Å². The summed E-state index contributed by atoms with van der Waals surface area (Å²) in [5.74, 6) is -1.39. The second-order valence-corrected chi connectivity index (χ2v) is 8.40. The highest BCUT2D eigenvalue weighted by atomic mass is 32.2. The fraction of sp³-hybridized carbons (Fsp3) is 0.263. The van der Waals surface area contributed by atoms with E-state index in [-0.39, 0.29) is 19.2 Å². The van der Waals surface area contributed by atoms with E-state index in [1.165, 1.54) is 6.20 Å². The van der Waals surface area contributed by atoms with E-state index >= 15 is 0 Å². The molecule has 0 aliphatic carbocycles. The molecule has 6 nitrogen and oxygen atoms in total. The normalized spacial score (nSPS) is 16.4. The molecule has 0 amide bonds. The second-order valence-electron chi connectivity index (χ2n) is 6.49. The van der Waals surface area contributed by atoms with E-state index in [9.17, 15) is 17.2 Å². The molecule has 0 saturated carbocycles. The van der Waals surface area contributed by atoms with Crippen LogP contribution in [0.2, 0.25) is 0 Å². The molecule has 9 heteroatoms. The summed E-state index contributed by atoms with van der Waals surface area (Å²) in [7, 11) is -4.11. The number of hydrogen-bond acceptors (Lipinski definition) is 5. The van der Waals surface area contributed by atoms with Gasteiger partial charge in [-0.2, -0.15) is 4.31 Å². The highest BCUT2D eigenvalue weighted by molar-refractivity contribution is 7.89. The number of fused-ring (bicyclic) bond motifs is 1. The van der Waals surface area contributed by atoms with Crippen LogP contribution in [0.15, 0.2) is 53.6 Å². The predicted molar refractivity (Wildman–Crippen MR) is 98.3 cm³/mol. The summed E-state index contributed by atoms with van der Waals surface area (Å²) in [6, 6.07) is 9.82. The van der Waals surface area contributed by atoms with Crippen LogP contribution in [0, 0.1) is 11.6 Å². The van der Waals surface area contributed by atoms with Gasteiger partial charge in [0.05, 0.1) is 17.2 Å². The Bertz CT molecular complexity index is 1120. The van der Waals surface area contributed by atoms with Crippen molar-refractivity contribution in [2.24, 2.45) is 0 Å². The third-order valence-corrected chi connectivity index (χ3v) is 6.54.